The van der Waals surface area contributed by atoms with Crippen LogP contribution in [-0.2, 0) is 9.84 Å². The largest absolute Gasteiger partial charge is 0.306 e. The Morgan fingerprint density at radius 2 is 1.90 bits per heavy atom. The lowest BCUT2D eigenvalue weighted by molar-refractivity contribution is 0.217. The highest BCUT2D eigenvalue weighted by atomic mass is 32.2. The van der Waals surface area contributed by atoms with Crippen molar-refractivity contribution in [3.63, 3.8) is 0 Å². The molecular weight excluding hydrogens is 270 g/mol. The van der Waals surface area contributed by atoms with Crippen LogP contribution in [0, 0.1) is 11.8 Å². The summed E-state index contributed by atoms with van der Waals surface area (Å²) in [5.74, 6) is 1.63. The van der Waals surface area contributed by atoms with E-state index in [1.807, 2.05) is 18.2 Å². The van der Waals surface area contributed by atoms with Crippen LogP contribution in [0.25, 0.3) is 0 Å². The standard InChI is InChI=1S/C16H23NO2S/c1-11-7-8-14(12(2)9-11)17-15-10-20(18,19)16-6-4-3-5-13(15)16/h3-6,11-12,14-15,17H,7-10H2,1-2H3. The van der Waals surface area contributed by atoms with Crippen LogP contribution < -0.4 is 5.32 Å². The van der Waals surface area contributed by atoms with Crippen molar-refractivity contribution in [1.82, 2.24) is 5.32 Å². The lowest BCUT2D eigenvalue weighted by atomic mass is 9.79. The first-order valence-electron chi connectivity index (χ1n) is 7.55. The zero-order chi connectivity index (χ0) is 14.3. The second-order valence-electron chi connectivity index (χ2n) is 6.54. The van der Waals surface area contributed by atoms with Crippen molar-refractivity contribution in [1.29, 1.82) is 0 Å². The van der Waals surface area contributed by atoms with Gasteiger partial charge in [0, 0.05) is 12.1 Å². The topological polar surface area (TPSA) is 46.2 Å². The smallest absolute Gasteiger partial charge is 0.180 e. The van der Waals surface area contributed by atoms with Crippen LogP contribution in [0.1, 0.15) is 44.7 Å². The van der Waals surface area contributed by atoms with E-state index in [0.29, 0.717) is 16.9 Å². The van der Waals surface area contributed by atoms with Gasteiger partial charge in [-0.05, 0) is 42.7 Å². The lowest BCUT2D eigenvalue weighted by Crippen LogP contribution is -2.41. The molecule has 0 radical (unpaired) electrons. The number of rotatable bonds is 2. The normalized spacial score (nSPS) is 35.7. The van der Waals surface area contributed by atoms with Gasteiger partial charge in [0.2, 0.25) is 0 Å². The van der Waals surface area contributed by atoms with Gasteiger partial charge in [0.05, 0.1) is 10.6 Å². The Balaban J connectivity index is 1.80. The third-order valence-corrected chi connectivity index (χ3v) is 6.68. The van der Waals surface area contributed by atoms with Crippen molar-refractivity contribution in [3.8, 4) is 0 Å². The molecule has 1 N–H and O–H groups in total. The molecule has 0 bridgehead atoms. The van der Waals surface area contributed by atoms with Gasteiger partial charge in [0.25, 0.3) is 0 Å². The molecule has 0 saturated heterocycles. The van der Waals surface area contributed by atoms with Gasteiger partial charge in [0.15, 0.2) is 9.84 Å². The molecule has 1 fully saturated rings. The van der Waals surface area contributed by atoms with E-state index in [1.165, 1.54) is 12.8 Å². The van der Waals surface area contributed by atoms with Crippen molar-refractivity contribution in [2.75, 3.05) is 5.75 Å². The molecule has 4 heteroatoms. The predicted molar refractivity (Wildman–Crippen MR) is 80.3 cm³/mol. The van der Waals surface area contributed by atoms with Gasteiger partial charge in [-0.2, -0.15) is 0 Å². The second-order valence-corrected chi connectivity index (χ2v) is 8.54. The molecule has 3 rings (SSSR count). The molecule has 4 unspecified atom stereocenters. The van der Waals surface area contributed by atoms with Crippen LogP contribution in [0.5, 0.6) is 0 Å². The van der Waals surface area contributed by atoms with Gasteiger partial charge in [-0.1, -0.05) is 32.0 Å². The van der Waals surface area contributed by atoms with Gasteiger partial charge >= 0.3 is 0 Å². The second kappa shape index (κ2) is 5.15. The average Bonchev–Trinajstić information content (AvgIpc) is 2.65. The zero-order valence-electron chi connectivity index (χ0n) is 12.2. The van der Waals surface area contributed by atoms with Crippen LogP contribution in [0.2, 0.25) is 0 Å². The maximum absolute atomic E-state index is 12.2. The highest BCUT2D eigenvalue weighted by Crippen LogP contribution is 2.36. The van der Waals surface area contributed by atoms with Gasteiger partial charge < -0.3 is 5.32 Å². The van der Waals surface area contributed by atoms with E-state index in [9.17, 15) is 8.42 Å². The number of fused-ring (bicyclic) bond motifs is 1. The van der Waals surface area contributed by atoms with Gasteiger partial charge in [-0.25, -0.2) is 8.42 Å². The molecule has 0 spiro atoms. The molecule has 1 aromatic rings. The summed E-state index contributed by atoms with van der Waals surface area (Å²) in [6, 6.07) is 7.84. The highest BCUT2D eigenvalue weighted by Gasteiger charge is 2.36. The Hall–Kier alpha value is -0.870. The Labute approximate surface area is 121 Å². The van der Waals surface area contributed by atoms with Crippen LogP contribution in [0.4, 0.5) is 0 Å². The highest BCUT2D eigenvalue weighted by molar-refractivity contribution is 7.91. The minimum atomic E-state index is -3.10. The van der Waals surface area contributed by atoms with Crippen molar-refractivity contribution in [3.05, 3.63) is 29.8 Å². The molecule has 1 aromatic carbocycles. The summed E-state index contributed by atoms with van der Waals surface area (Å²) < 4.78 is 24.4. The molecule has 20 heavy (non-hydrogen) atoms. The molecular formula is C16H23NO2S. The number of benzene rings is 1. The van der Waals surface area contributed by atoms with Gasteiger partial charge in [-0.3, -0.25) is 0 Å². The zero-order valence-corrected chi connectivity index (χ0v) is 13.0. The SMILES string of the molecule is CC1CCC(NC2CS(=O)(=O)c3ccccc32)C(C)C1. The summed E-state index contributed by atoms with van der Waals surface area (Å²) in [5.41, 5.74) is 0.957. The summed E-state index contributed by atoms with van der Waals surface area (Å²) in [6.45, 7) is 4.59. The third-order valence-electron chi connectivity index (χ3n) is 4.86. The van der Waals surface area contributed by atoms with E-state index in [4.69, 9.17) is 0 Å². The predicted octanol–water partition coefficient (Wildman–Crippen LogP) is 2.93. The van der Waals surface area contributed by atoms with E-state index in [1.54, 1.807) is 6.07 Å². The lowest BCUT2D eigenvalue weighted by Gasteiger charge is -2.35. The summed E-state index contributed by atoms with van der Waals surface area (Å²) in [6.07, 6.45) is 3.63. The molecule has 0 aromatic heterocycles. The average molecular weight is 293 g/mol. The molecule has 1 saturated carbocycles. The number of hydrogen-bond donors (Lipinski definition) is 1. The minimum Gasteiger partial charge on any atom is -0.306 e. The maximum Gasteiger partial charge on any atom is 0.180 e. The van der Waals surface area contributed by atoms with Crippen molar-refractivity contribution in [2.45, 2.75) is 50.1 Å². The van der Waals surface area contributed by atoms with E-state index in [-0.39, 0.29) is 11.8 Å². The van der Waals surface area contributed by atoms with E-state index in [0.717, 1.165) is 17.9 Å². The minimum absolute atomic E-state index is 0.0305. The van der Waals surface area contributed by atoms with Crippen LogP contribution >= 0.6 is 0 Å². The Kier molecular flexibility index (Phi) is 3.63. The van der Waals surface area contributed by atoms with Gasteiger partial charge in [0.1, 0.15) is 0 Å². The van der Waals surface area contributed by atoms with Crippen molar-refractivity contribution < 1.29 is 8.42 Å². The number of hydrogen-bond acceptors (Lipinski definition) is 3. The number of nitrogens with one attached hydrogen (secondary N) is 1. The third kappa shape index (κ3) is 2.51. The Bertz CT molecular complexity index is 596. The summed E-state index contributed by atoms with van der Waals surface area (Å²) in [4.78, 5) is 0.523. The fourth-order valence-electron chi connectivity index (χ4n) is 3.76. The Morgan fingerprint density at radius 3 is 2.65 bits per heavy atom. The molecule has 1 aliphatic heterocycles. The van der Waals surface area contributed by atoms with Crippen LogP contribution in [-0.4, -0.2) is 20.2 Å². The summed E-state index contributed by atoms with van der Waals surface area (Å²) in [5, 5.41) is 3.62. The summed E-state index contributed by atoms with van der Waals surface area (Å²) in [7, 11) is -3.10. The van der Waals surface area contributed by atoms with E-state index in [2.05, 4.69) is 19.2 Å². The first-order valence-corrected chi connectivity index (χ1v) is 9.20. The molecule has 1 aliphatic carbocycles. The van der Waals surface area contributed by atoms with Gasteiger partial charge in [-0.15, -0.1) is 0 Å². The monoisotopic (exact) mass is 293 g/mol. The maximum atomic E-state index is 12.2. The van der Waals surface area contributed by atoms with Crippen molar-refractivity contribution >= 4 is 9.84 Å². The number of sulfone groups is 1. The first-order chi connectivity index (χ1) is 9.47. The molecule has 110 valence electrons. The molecule has 4 atom stereocenters. The molecule has 0 amide bonds. The Morgan fingerprint density at radius 1 is 1.15 bits per heavy atom. The first kappa shape index (κ1) is 14.1. The fourth-order valence-corrected chi connectivity index (χ4v) is 5.51. The fraction of sp³-hybridized carbons (Fsp3) is 0.625. The van der Waals surface area contributed by atoms with Crippen LogP contribution in [0.3, 0.4) is 0 Å². The molecule has 3 nitrogen and oxygen atoms in total. The van der Waals surface area contributed by atoms with E-state index < -0.39 is 9.84 Å². The van der Waals surface area contributed by atoms with E-state index >= 15 is 0 Å². The quantitative estimate of drug-likeness (QED) is 0.912. The molecule has 2 aliphatic rings. The summed E-state index contributed by atoms with van der Waals surface area (Å²) >= 11 is 0. The molecule has 1 heterocycles. The van der Waals surface area contributed by atoms with Crippen molar-refractivity contribution in [2.24, 2.45) is 11.8 Å². The van der Waals surface area contributed by atoms with Crippen LogP contribution in [0.15, 0.2) is 29.2 Å².